The summed E-state index contributed by atoms with van der Waals surface area (Å²) in [6.07, 6.45) is 2.04. The number of benzene rings is 2. The lowest BCUT2D eigenvalue weighted by molar-refractivity contribution is -0.141. The number of H-pyrrole nitrogens is 1. The predicted octanol–water partition coefficient (Wildman–Crippen LogP) is 2.60. The summed E-state index contributed by atoms with van der Waals surface area (Å²) in [6.45, 7) is 1.73. The van der Waals surface area contributed by atoms with Crippen molar-refractivity contribution in [3.8, 4) is 11.1 Å². The Balaban J connectivity index is 1.98. The molecule has 1 atom stereocenters. The van der Waals surface area contributed by atoms with Crippen LogP contribution >= 0.6 is 0 Å². The van der Waals surface area contributed by atoms with Gasteiger partial charge in [-0.3, -0.25) is 19.8 Å². The first kappa shape index (κ1) is 23.5. The van der Waals surface area contributed by atoms with Crippen molar-refractivity contribution in [1.82, 2.24) is 10.3 Å². The Labute approximate surface area is 191 Å². The zero-order valence-corrected chi connectivity index (χ0v) is 18.5. The molecular formula is C25H26N4O4. The number of ether oxygens (including phenoxy) is 1. The number of carbonyl (C=O) groups is 2. The van der Waals surface area contributed by atoms with E-state index in [1.165, 1.54) is 13.2 Å². The second-order valence-electron chi connectivity index (χ2n) is 7.76. The first-order chi connectivity index (χ1) is 15.8. The lowest BCUT2D eigenvalue weighted by atomic mass is 9.94. The molecule has 0 saturated carbocycles. The Hall–Kier alpha value is -4.20. The number of nitrogen functional groups attached to an aromatic ring is 1. The number of amides is 1. The Bertz CT molecular complexity index is 1250. The summed E-state index contributed by atoms with van der Waals surface area (Å²) in [7, 11) is 1.30. The van der Waals surface area contributed by atoms with E-state index in [0.717, 1.165) is 22.3 Å². The van der Waals surface area contributed by atoms with Gasteiger partial charge in [0.25, 0.3) is 5.91 Å². The molecule has 0 aliphatic rings. The number of rotatable bonds is 8. The van der Waals surface area contributed by atoms with E-state index in [0.29, 0.717) is 17.5 Å². The van der Waals surface area contributed by atoms with Gasteiger partial charge < -0.3 is 20.8 Å². The molecule has 1 aromatic heterocycles. The number of hydrogen-bond donors (Lipinski definition) is 4. The van der Waals surface area contributed by atoms with Gasteiger partial charge in [0.1, 0.15) is 5.84 Å². The van der Waals surface area contributed by atoms with E-state index in [4.69, 9.17) is 11.1 Å². The van der Waals surface area contributed by atoms with E-state index in [1.54, 1.807) is 37.4 Å². The number of hydrogen-bond acceptors (Lipinski definition) is 5. The predicted molar refractivity (Wildman–Crippen MR) is 126 cm³/mol. The molecule has 0 spiro atoms. The molecule has 1 heterocycles. The molecule has 0 aliphatic carbocycles. The van der Waals surface area contributed by atoms with Crippen LogP contribution in [0.1, 0.15) is 40.4 Å². The van der Waals surface area contributed by atoms with Gasteiger partial charge in [0.15, 0.2) is 0 Å². The molecule has 1 unspecified atom stereocenters. The van der Waals surface area contributed by atoms with Crippen LogP contribution < -0.4 is 16.6 Å². The SMILES string of the molecule is COC(=O)CC(C)NC(=O)c1ccc(-c2cc[nH]c(=O)c2)cc1Cc1cccc(C(=N)N)c1. The molecule has 8 nitrogen and oxygen atoms in total. The van der Waals surface area contributed by atoms with E-state index in [-0.39, 0.29) is 23.7 Å². The monoisotopic (exact) mass is 446 g/mol. The van der Waals surface area contributed by atoms with Crippen molar-refractivity contribution in [1.29, 1.82) is 5.41 Å². The number of carbonyl (C=O) groups excluding carboxylic acids is 2. The van der Waals surface area contributed by atoms with Crippen molar-refractivity contribution < 1.29 is 14.3 Å². The first-order valence-corrected chi connectivity index (χ1v) is 10.4. The lowest BCUT2D eigenvalue weighted by Gasteiger charge is -2.16. The number of methoxy groups -OCH3 is 1. The van der Waals surface area contributed by atoms with Crippen molar-refractivity contribution in [3.05, 3.63) is 93.4 Å². The van der Waals surface area contributed by atoms with Crippen LogP contribution in [0.25, 0.3) is 11.1 Å². The number of aromatic nitrogens is 1. The Kier molecular flexibility index (Phi) is 7.40. The van der Waals surface area contributed by atoms with Gasteiger partial charge in [-0.25, -0.2) is 0 Å². The van der Waals surface area contributed by atoms with Crippen LogP contribution in [0.3, 0.4) is 0 Å². The fraction of sp³-hybridized carbons (Fsp3) is 0.200. The molecule has 0 bridgehead atoms. The van der Waals surface area contributed by atoms with Gasteiger partial charge in [0, 0.05) is 29.4 Å². The second-order valence-corrected chi connectivity index (χ2v) is 7.76. The summed E-state index contributed by atoms with van der Waals surface area (Å²) >= 11 is 0. The molecule has 170 valence electrons. The van der Waals surface area contributed by atoms with Crippen molar-refractivity contribution in [2.75, 3.05) is 7.11 Å². The van der Waals surface area contributed by atoms with Gasteiger partial charge in [-0.15, -0.1) is 0 Å². The molecule has 0 saturated heterocycles. The van der Waals surface area contributed by atoms with Crippen molar-refractivity contribution in [3.63, 3.8) is 0 Å². The molecule has 1 amide bonds. The molecule has 0 radical (unpaired) electrons. The number of nitrogens with two attached hydrogens (primary N) is 1. The zero-order valence-electron chi connectivity index (χ0n) is 18.5. The minimum absolute atomic E-state index is 0.0382. The summed E-state index contributed by atoms with van der Waals surface area (Å²) in [5.41, 5.74) is 9.57. The van der Waals surface area contributed by atoms with Gasteiger partial charge in [-0.2, -0.15) is 0 Å². The number of nitrogens with one attached hydrogen (secondary N) is 3. The fourth-order valence-corrected chi connectivity index (χ4v) is 3.52. The standard InChI is InChI=1S/C25H26N4O4/c1-15(10-23(31)33-2)29-25(32)21-7-6-17(18-8-9-28-22(30)14-18)13-20(21)12-16-4-3-5-19(11-16)24(26)27/h3-9,11,13-15H,10,12H2,1-2H3,(H3,26,27)(H,28,30)(H,29,32). The van der Waals surface area contributed by atoms with Crippen LogP contribution in [-0.2, 0) is 16.0 Å². The van der Waals surface area contributed by atoms with Crippen LogP contribution in [0.5, 0.6) is 0 Å². The molecule has 3 rings (SSSR count). The van der Waals surface area contributed by atoms with Crippen molar-refractivity contribution in [2.24, 2.45) is 5.73 Å². The van der Waals surface area contributed by atoms with Crippen molar-refractivity contribution in [2.45, 2.75) is 25.8 Å². The van der Waals surface area contributed by atoms with Crippen LogP contribution in [-0.4, -0.2) is 35.8 Å². The molecule has 0 aliphatic heterocycles. The highest BCUT2D eigenvalue weighted by atomic mass is 16.5. The average Bonchev–Trinajstić information content (AvgIpc) is 2.79. The largest absolute Gasteiger partial charge is 0.469 e. The topological polar surface area (TPSA) is 138 Å². The van der Waals surface area contributed by atoms with E-state index >= 15 is 0 Å². The normalized spacial score (nSPS) is 11.5. The third kappa shape index (κ3) is 6.16. The van der Waals surface area contributed by atoms with Crippen molar-refractivity contribution >= 4 is 17.7 Å². The molecule has 3 aromatic rings. The molecular weight excluding hydrogens is 420 g/mol. The van der Waals surface area contributed by atoms with E-state index in [9.17, 15) is 14.4 Å². The van der Waals surface area contributed by atoms with E-state index in [2.05, 4.69) is 15.0 Å². The smallest absolute Gasteiger partial charge is 0.307 e. The second kappa shape index (κ2) is 10.4. The van der Waals surface area contributed by atoms with E-state index in [1.807, 2.05) is 24.3 Å². The Morgan fingerprint density at radius 2 is 1.88 bits per heavy atom. The third-order valence-corrected chi connectivity index (χ3v) is 5.17. The summed E-state index contributed by atoms with van der Waals surface area (Å²) in [6, 6.07) is 15.5. The van der Waals surface area contributed by atoms with Gasteiger partial charge in [0.05, 0.1) is 13.5 Å². The number of esters is 1. The van der Waals surface area contributed by atoms with Crippen LogP contribution in [0.15, 0.2) is 65.6 Å². The number of pyridine rings is 1. The van der Waals surface area contributed by atoms with Gasteiger partial charge >= 0.3 is 5.97 Å². The minimum atomic E-state index is -0.411. The molecule has 5 N–H and O–H groups in total. The summed E-state index contributed by atoms with van der Waals surface area (Å²) in [4.78, 5) is 38.9. The molecule has 0 fully saturated rings. The molecule has 33 heavy (non-hydrogen) atoms. The first-order valence-electron chi connectivity index (χ1n) is 10.4. The summed E-state index contributed by atoms with van der Waals surface area (Å²) in [5.74, 6) is -0.765. The summed E-state index contributed by atoms with van der Waals surface area (Å²) in [5, 5.41) is 10.5. The Morgan fingerprint density at radius 1 is 1.12 bits per heavy atom. The van der Waals surface area contributed by atoms with Crippen LogP contribution in [0, 0.1) is 5.41 Å². The van der Waals surface area contributed by atoms with Crippen LogP contribution in [0.2, 0.25) is 0 Å². The average molecular weight is 447 g/mol. The lowest BCUT2D eigenvalue weighted by Crippen LogP contribution is -2.35. The van der Waals surface area contributed by atoms with Gasteiger partial charge in [-0.05, 0) is 53.8 Å². The quantitative estimate of drug-likeness (QED) is 0.239. The fourth-order valence-electron chi connectivity index (χ4n) is 3.52. The maximum atomic E-state index is 13.0. The Morgan fingerprint density at radius 3 is 2.58 bits per heavy atom. The van der Waals surface area contributed by atoms with Gasteiger partial charge in [0.2, 0.25) is 5.56 Å². The third-order valence-electron chi connectivity index (χ3n) is 5.17. The maximum Gasteiger partial charge on any atom is 0.307 e. The van der Waals surface area contributed by atoms with Gasteiger partial charge in [-0.1, -0.05) is 30.3 Å². The molecule has 8 heteroatoms. The number of aromatic amines is 1. The number of amidine groups is 1. The highest BCUT2D eigenvalue weighted by Gasteiger charge is 2.17. The minimum Gasteiger partial charge on any atom is -0.469 e. The molecule has 2 aromatic carbocycles. The zero-order chi connectivity index (χ0) is 24.0. The highest BCUT2D eigenvalue weighted by molar-refractivity contribution is 5.97. The van der Waals surface area contributed by atoms with E-state index < -0.39 is 12.0 Å². The maximum absolute atomic E-state index is 13.0. The highest BCUT2D eigenvalue weighted by Crippen LogP contribution is 2.24. The van der Waals surface area contributed by atoms with Crippen LogP contribution in [0.4, 0.5) is 0 Å². The summed E-state index contributed by atoms with van der Waals surface area (Å²) < 4.78 is 4.67.